The summed E-state index contributed by atoms with van der Waals surface area (Å²) in [7, 11) is 0. The SMILES string of the molecule is CCN(/C=C(/C#N)C(=O)N1CCN(C(c2ccccc2)c2ccccc2)CC1)c1ccccc1. The van der Waals surface area contributed by atoms with Crippen LogP contribution < -0.4 is 4.90 Å². The molecule has 0 aromatic heterocycles. The lowest BCUT2D eigenvalue weighted by Gasteiger charge is -2.39. The van der Waals surface area contributed by atoms with Crippen molar-refractivity contribution in [2.45, 2.75) is 13.0 Å². The van der Waals surface area contributed by atoms with Gasteiger partial charge in [-0.05, 0) is 30.2 Å². The lowest BCUT2D eigenvalue weighted by atomic mass is 9.96. The molecule has 1 fully saturated rings. The molecule has 1 aliphatic rings. The van der Waals surface area contributed by atoms with Gasteiger partial charge < -0.3 is 9.80 Å². The van der Waals surface area contributed by atoms with Crippen LogP contribution in [0.25, 0.3) is 0 Å². The topological polar surface area (TPSA) is 50.6 Å². The number of hydrogen-bond acceptors (Lipinski definition) is 4. The van der Waals surface area contributed by atoms with Gasteiger partial charge in [-0.1, -0.05) is 78.9 Å². The molecule has 34 heavy (non-hydrogen) atoms. The highest BCUT2D eigenvalue weighted by Crippen LogP contribution is 2.29. The third kappa shape index (κ3) is 5.36. The summed E-state index contributed by atoms with van der Waals surface area (Å²) in [5.74, 6) is -0.201. The Labute approximate surface area is 202 Å². The lowest BCUT2D eigenvalue weighted by Crippen LogP contribution is -2.50. The highest BCUT2D eigenvalue weighted by molar-refractivity contribution is 5.97. The van der Waals surface area contributed by atoms with Crippen molar-refractivity contribution in [2.24, 2.45) is 0 Å². The van der Waals surface area contributed by atoms with Crippen LogP contribution in [0, 0.1) is 11.3 Å². The smallest absolute Gasteiger partial charge is 0.266 e. The van der Waals surface area contributed by atoms with Gasteiger partial charge in [-0.25, -0.2) is 0 Å². The van der Waals surface area contributed by atoms with Crippen LogP contribution in [-0.4, -0.2) is 48.4 Å². The van der Waals surface area contributed by atoms with Crippen molar-refractivity contribution in [3.05, 3.63) is 114 Å². The van der Waals surface area contributed by atoms with Crippen molar-refractivity contribution in [1.82, 2.24) is 9.80 Å². The van der Waals surface area contributed by atoms with E-state index < -0.39 is 0 Å². The van der Waals surface area contributed by atoms with E-state index >= 15 is 0 Å². The molecule has 1 heterocycles. The van der Waals surface area contributed by atoms with Crippen LogP contribution in [0.3, 0.4) is 0 Å². The van der Waals surface area contributed by atoms with Crippen LogP contribution in [0.15, 0.2) is 103 Å². The van der Waals surface area contributed by atoms with E-state index in [4.69, 9.17) is 0 Å². The fourth-order valence-corrected chi connectivity index (χ4v) is 4.49. The normalized spacial score (nSPS) is 14.6. The lowest BCUT2D eigenvalue weighted by molar-refractivity contribution is -0.128. The predicted octanol–water partition coefficient (Wildman–Crippen LogP) is 4.85. The summed E-state index contributed by atoms with van der Waals surface area (Å²) >= 11 is 0. The Kier molecular flexibility index (Phi) is 7.75. The van der Waals surface area contributed by atoms with Gasteiger partial charge in [0, 0.05) is 44.6 Å². The molecule has 0 aliphatic carbocycles. The van der Waals surface area contributed by atoms with Crippen molar-refractivity contribution in [2.75, 3.05) is 37.6 Å². The van der Waals surface area contributed by atoms with Gasteiger partial charge >= 0.3 is 0 Å². The maximum Gasteiger partial charge on any atom is 0.266 e. The second-order valence-corrected chi connectivity index (χ2v) is 8.33. The Bertz CT molecular complexity index is 1090. The van der Waals surface area contributed by atoms with Gasteiger partial charge in [-0.3, -0.25) is 9.69 Å². The van der Waals surface area contributed by atoms with E-state index in [1.807, 2.05) is 54.3 Å². The molecule has 0 spiro atoms. The Morgan fingerprint density at radius 2 is 1.38 bits per heavy atom. The zero-order valence-corrected chi connectivity index (χ0v) is 19.5. The monoisotopic (exact) mass is 450 g/mol. The van der Waals surface area contributed by atoms with Gasteiger partial charge in [0.1, 0.15) is 11.6 Å². The van der Waals surface area contributed by atoms with Crippen LogP contribution in [0.1, 0.15) is 24.1 Å². The molecule has 1 saturated heterocycles. The van der Waals surface area contributed by atoms with Crippen molar-refractivity contribution in [1.29, 1.82) is 5.26 Å². The Morgan fingerprint density at radius 1 is 0.882 bits per heavy atom. The van der Waals surface area contributed by atoms with Crippen molar-refractivity contribution < 1.29 is 4.79 Å². The van der Waals surface area contributed by atoms with Gasteiger partial charge in [-0.15, -0.1) is 0 Å². The quantitative estimate of drug-likeness (QED) is 0.381. The first-order valence-electron chi connectivity index (χ1n) is 11.8. The van der Waals surface area contributed by atoms with Gasteiger partial charge in [0.15, 0.2) is 0 Å². The molecule has 0 unspecified atom stereocenters. The average molecular weight is 451 g/mol. The number of rotatable bonds is 7. The van der Waals surface area contributed by atoms with Crippen LogP contribution >= 0.6 is 0 Å². The third-order valence-corrected chi connectivity index (χ3v) is 6.26. The van der Waals surface area contributed by atoms with E-state index in [0.717, 1.165) is 18.8 Å². The molecule has 0 radical (unpaired) electrons. The molecule has 1 aliphatic heterocycles. The summed E-state index contributed by atoms with van der Waals surface area (Å²) in [4.78, 5) is 19.4. The first-order chi connectivity index (χ1) is 16.7. The summed E-state index contributed by atoms with van der Waals surface area (Å²) in [5.41, 5.74) is 3.62. The minimum Gasteiger partial charge on any atom is -0.347 e. The summed E-state index contributed by atoms with van der Waals surface area (Å²) in [6.45, 7) is 5.35. The van der Waals surface area contributed by atoms with Gasteiger partial charge in [-0.2, -0.15) is 5.26 Å². The Balaban J connectivity index is 1.48. The maximum atomic E-state index is 13.2. The third-order valence-electron chi connectivity index (χ3n) is 6.26. The summed E-state index contributed by atoms with van der Waals surface area (Å²) in [6, 6.07) is 33.1. The van der Waals surface area contributed by atoms with Crippen molar-refractivity contribution >= 4 is 11.6 Å². The number of amides is 1. The second kappa shape index (κ2) is 11.3. The molecule has 3 aromatic rings. The van der Waals surface area contributed by atoms with Gasteiger partial charge in [0.2, 0.25) is 0 Å². The Morgan fingerprint density at radius 3 is 1.85 bits per heavy atom. The molecule has 3 aromatic carbocycles. The highest BCUT2D eigenvalue weighted by Gasteiger charge is 2.29. The number of carbonyl (C=O) groups is 1. The van der Waals surface area contributed by atoms with Crippen LogP contribution in [-0.2, 0) is 4.79 Å². The predicted molar refractivity (Wildman–Crippen MR) is 136 cm³/mol. The van der Waals surface area contributed by atoms with Crippen LogP contribution in [0.5, 0.6) is 0 Å². The molecule has 0 N–H and O–H groups in total. The molecule has 4 rings (SSSR count). The van der Waals surface area contributed by atoms with Crippen LogP contribution in [0.4, 0.5) is 5.69 Å². The van der Waals surface area contributed by atoms with E-state index in [9.17, 15) is 10.1 Å². The summed E-state index contributed by atoms with van der Waals surface area (Å²) in [6.07, 6.45) is 1.68. The van der Waals surface area contributed by atoms with E-state index in [1.165, 1.54) is 11.1 Å². The molecule has 172 valence electrons. The zero-order valence-electron chi connectivity index (χ0n) is 19.5. The van der Waals surface area contributed by atoms with Gasteiger partial charge in [0.05, 0.1) is 6.04 Å². The molecule has 1 amide bonds. The Hall–Kier alpha value is -3.88. The first-order valence-corrected chi connectivity index (χ1v) is 11.8. The minimum absolute atomic E-state index is 0.138. The molecule has 0 bridgehead atoms. The number of benzene rings is 3. The summed E-state index contributed by atoms with van der Waals surface area (Å²) < 4.78 is 0. The molecule has 0 atom stereocenters. The number of nitrogens with zero attached hydrogens (tertiary/aromatic N) is 4. The molecule has 5 heteroatoms. The van der Waals surface area contributed by atoms with E-state index in [-0.39, 0.29) is 17.5 Å². The molecule has 0 saturated carbocycles. The zero-order chi connectivity index (χ0) is 23.8. The largest absolute Gasteiger partial charge is 0.347 e. The minimum atomic E-state index is -0.201. The number of anilines is 1. The molecular formula is C29H30N4O. The second-order valence-electron chi connectivity index (χ2n) is 8.33. The van der Waals surface area contributed by atoms with Crippen molar-refractivity contribution in [3.8, 4) is 6.07 Å². The maximum absolute atomic E-state index is 13.2. The number of hydrogen-bond donors (Lipinski definition) is 0. The standard InChI is InChI=1S/C29H30N4O/c1-2-31(27-16-10-5-11-17-27)23-26(22-30)29(34)33-20-18-32(19-21-33)28(24-12-6-3-7-13-24)25-14-8-4-9-15-25/h3-17,23,28H,2,18-21H2,1H3/b26-23-. The fraction of sp³-hybridized carbons (Fsp3) is 0.241. The number of carbonyl (C=O) groups excluding carboxylic acids is 1. The molecule has 5 nitrogen and oxygen atoms in total. The number of para-hydroxylation sites is 1. The van der Waals surface area contributed by atoms with E-state index in [2.05, 4.69) is 59.5 Å². The van der Waals surface area contributed by atoms with Crippen molar-refractivity contribution in [3.63, 3.8) is 0 Å². The fourth-order valence-electron chi connectivity index (χ4n) is 4.49. The van der Waals surface area contributed by atoms with Crippen LogP contribution in [0.2, 0.25) is 0 Å². The highest BCUT2D eigenvalue weighted by atomic mass is 16.2. The summed E-state index contributed by atoms with van der Waals surface area (Å²) in [5, 5.41) is 9.75. The number of piperazine rings is 1. The number of nitriles is 1. The van der Waals surface area contributed by atoms with Gasteiger partial charge in [0.25, 0.3) is 5.91 Å². The van der Waals surface area contributed by atoms with E-state index in [1.54, 1.807) is 11.1 Å². The first kappa shape index (κ1) is 23.3. The average Bonchev–Trinajstić information content (AvgIpc) is 2.91. The molecular weight excluding hydrogens is 420 g/mol. The van der Waals surface area contributed by atoms with E-state index in [0.29, 0.717) is 19.6 Å².